The first kappa shape index (κ1) is 26.2. The molecule has 202 valence electrons. The fourth-order valence-corrected chi connectivity index (χ4v) is 6.45. The van der Waals surface area contributed by atoms with Gasteiger partial charge in [0.25, 0.3) is 0 Å². The second-order valence-corrected chi connectivity index (χ2v) is 11.1. The van der Waals surface area contributed by atoms with Crippen molar-refractivity contribution in [2.45, 2.75) is 69.4 Å². The first-order valence-corrected chi connectivity index (χ1v) is 13.5. The van der Waals surface area contributed by atoms with E-state index in [4.69, 9.17) is 13.9 Å². The number of furan rings is 1. The number of rotatable bonds is 8. The zero-order valence-electron chi connectivity index (χ0n) is 22.1. The predicted molar refractivity (Wildman–Crippen MR) is 141 cm³/mol. The predicted octanol–water partition coefficient (Wildman–Crippen LogP) is 4.24. The molecule has 2 saturated carbocycles. The molecule has 1 aromatic carbocycles. The molecule has 2 heterocycles. The average Bonchev–Trinajstić information content (AvgIpc) is 3.52. The van der Waals surface area contributed by atoms with Crippen LogP contribution in [0.4, 0.5) is 0 Å². The van der Waals surface area contributed by atoms with E-state index in [2.05, 4.69) is 10.2 Å². The molecule has 8 nitrogen and oxygen atoms in total. The minimum absolute atomic E-state index is 0.104. The molecule has 38 heavy (non-hydrogen) atoms. The molecule has 0 bridgehead atoms. The lowest BCUT2D eigenvalue weighted by molar-refractivity contribution is -0.187. The minimum atomic E-state index is -0.741. The van der Waals surface area contributed by atoms with Gasteiger partial charge in [0.05, 0.1) is 12.5 Å². The lowest BCUT2D eigenvalue weighted by Gasteiger charge is -2.59. The van der Waals surface area contributed by atoms with Gasteiger partial charge in [-0.2, -0.15) is 0 Å². The summed E-state index contributed by atoms with van der Waals surface area (Å²) in [7, 11) is 0. The number of likely N-dealkylation sites (tertiary alicyclic amines) is 1. The van der Waals surface area contributed by atoms with E-state index in [9.17, 15) is 14.4 Å². The summed E-state index contributed by atoms with van der Waals surface area (Å²) in [5, 5.41) is 3.18. The number of hydrogen-bond acceptors (Lipinski definition) is 7. The number of hydrogen-bond donors (Lipinski definition) is 1. The van der Waals surface area contributed by atoms with Crippen LogP contribution < -0.4 is 10.1 Å². The van der Waals surface area contributed by atoms with Crippen molar-refractivity contribution in [3.63, 3.8) is 0 Å². The van der Waals surface area contributed by atoms with Crippen LogP contribution in [0.5, 0.6) is 5.75 Å². The van der Waals surface area contributed by atoms with Gasteiger partial charge in [0.2, 0.25) is 5.91 Å². The molecule has 1 N–H and O–H groups in total. The van der Waals surface area contributed by atoms with Gasteiger partial charge in [-0.25, -0.2) is 0 Å². The van der Waals surface area contributed by atoms with Gasteiger partial charge in [-0.3, -0.25) is 19.3 Å². The molecule has 0 radical (unpaired) electrons. The lowest BCUT2D eigenvalue weighted by Crippen LogP contribution is -2.68. The first-order chi connectivity index (χ1) is 18.3. The first-order valence-electron chi connectivity index (χ1n) is 13.5. The molecule has 2 aliphatic carbocycles. The van der Waals surface area contributed by atoms with E-state index in [1.54, 1.807) is 30.7 Å². The molecule has 0 spiro atoms. The summed E-state index contributed by atoms with van der Waals surface area (Å²) < 4.78 is 16.8. The van der Waals surface area contributed by atoms with Gasteiger partial charge < -0.3 is 19.2 Å². The third kappa shape index (κ3) is 5.70. The summed E-state index contributed by atoms with van der Waals surface area (Å²) in [4.78, 5) is 39.5. The fourth-order valence-electron chi connectivity index (χ4n) is 6.45. The number of fused-ring (bicyclic) bond motifs is 1. The van der Waals surface area contributed by atoms with E-state index in [1.807, 2.05) is 18.2 Å². The van der Waals surface area contributed by atoms with Crippen LogP contribution in [0.25, 0.3) is 6.08 Å². The van der Waals surface area contributed by atoms with Crippen LogP contribution in [0.3, 0.4) is 0 Å². The van der Waals surface area contributed by atoms with Crippen molar-refractivity contribution in [3.05, 3.63) is 60.1 Å². The molecule has 5 rings (SSSR count). The molecule has 1 aromatic heterocycles. The van der Waals surface area contributed by atoms with Gasteiger partial charge in [-0.05, 0) is 80.8 Å². The molecule has 8 heteroatoms. The third-order valence-electron chi connectivity index (χ3n) is 8.21. The van der Waals surface area contributed by atoms with Crippen LogP contribution in [-0.2, 0) is 24.5 Å². The second kappa shape index (κ2) is 10.8. The topological polar surface area (TPSA) is 98.1 Å². The summed E-state index contributed by atoms with van der Waals surface area (Å²) in [6, 6.07) is 9.27. The quantitative estimate of drug-likeness (QED) is 0.316. The largest absolute Gasteiger partial charge is 0.472 e. The molecule has 1 aliphatic heterocycles. The van der Waals surface area contributed by atoms with Gasteiger partial charge in [0.15, 0.2) is 0 Å². The summed E-state index contributed by atoms with van der Waals surface area (Å²) in [5.41, 5.74) is 0.504. The molecule has 3 fully saturated rings. The van der Waals surface area contributed by atoms with E-state index in [0.29, 0.717) is 31.6 Å². The Bertz CT molecular complexity index is 1200. The number of carbonyl (C=O) groups is 3. The highest BCUT2D eigenvalue weighted by molar-refractivity contribution is 5.91. The fraction of sp³-hybridized carbons (Fsp3) is 0.500. The molecule has 3 atom stereocenters. The highest BCUT2D eigenvalue weighted by atomic mass is 16.6. The smallest absolute Gasteiger partial charge is 0.308 e. The van der Waals surface area contributed by atoms with Crippen molar-refractivity contribution in [2.24, 2.45) is 5.92 Å². The summed E-state index contributed by atoms with van der Waals surface area (Å²) in [6.07, 6.45) is 11.6. The molecular weight excluding hydrogens is 484 g/mol. The number of amides is 1. The van der Waals surface area contributed by atoms with E-state index in [-0.39, 0.29) is 23.9 Å². The zero-order chi connectivity index (χ0) is 26.8. The highest BCUT2D eigenvalue weighted by Gasteiger charge is 2.61. The summed E-state index contributed by atoms with van der Waals surface area (Å²) in [6.45, 7) is 5.41. The van der Waals surface area contributed by atoms with Crippen molar-refractivity contribution < 1.29 is 28.3 Å². The van der Waals surface area contributed by atoms with Crippen molar-refractivity contribution >= 4 is 23.9 Å². The van der Waals surface area contributed by atoms with Crippen molar-refractivity contribution in [1.29, 1.82) is 0 Å². The van der Waals surface area contributed by atoms with Gasteiger partial charge in [0.1, 0.15) is 11.4 Å². The molecule has 1 amide bonds. The Morgan fingerprint density at radius 2 is 1.97 bits per heavy atom. The van der Waals surface area contributed by atoms with Crippen molar-refractivity contribution in [2.75, 3.05) is 19.6 Å². The summed E-state index contributed by atoms with van der Waals surface area (Å²) in [5.74, 6) is 0.330. The maximum Gasteiger partial charge on any atom is 0.308 e. The highest BCUT2D eigenvalue weighted by Crippen LogP contribution is 2.54. The van der Waals surface area contributed by atoms with Crippen LogP contribution in [0, 0.1) is 5.92 Å². The Morgan fingerprint density at radius 1 is 1.13 bits per heavy atom. The normalized spacial score (nSPS) is 27.5. The Hall–Kier alpha value is -3.39. The van der Waals surface area contributed by atoms with Crippen molar-refractivity contribution in [3.8, 4) is 5.75 Å². The van der Waals surface area contributed by atoms with Crippen molar-refractivity contribution in [1.82, 2.24) is 10.2 Å². The maximum atomic E-state index is 12.8. The van der Waals surface area contributed by atoms with Crippen LogP contribution in [-0.4, -0.2) is 54.0 Å². The van der Waals surface area contributed by atoms with Gasteiger partial charge in [0, 0.05) is 50.0 Å². The van der Waals surface area contributed by atoms with Gasteiger partial charge in [-0.15, -0.1) is 0 Å². The zero-order valence-corrected chi connectivity index (χ0v) is 22.1. The molecule has 1 saturated heterocycles. The molecule has 2 aromatic rings. The number of benzene rings is 1. The Kier molecular flexibility index (Phi) is 7.43. The van der Waals surface area contributed by atoms with E-state index < -0.39 is 11.0 Å². The maximum absolute atomic E-state index is 12.8. The summed E-state index contributed by atoms with van der Waals surface area (Å²) >= 11 is 0. The standard InChI is InChI=1S/C30H36N2O6/c1-21(33)37-27-5-3-4-25(16-27)29-13-14-32(18-23-6-7-23)20-30(29,38-22(2)34)12-10-26(17-29)31-28(35)9-8-24-11-15-36-19-24/h3-5,8-9,11,15-16,19,23,26H,6-7,10,12-14,17-18,20H2,1-2H3,(H,31,35)/t26-,29+,30+/m1/s1. The number of nitrogens with one attached hydrogen (secondary N) is 1. The monoisotopic (exact) mass is 520 g/mol. The van der Waals surface area contributed by atoms with E-state index in [0.717, 1.165) is 36.6 Å². The number of piperidine rings is 1. The van der Waals surface area contributed by atoms with Crippen LogP contribution >= 0.6 is 0 Å². The Balaban J connectivity index is 1.47. The third-order valence-corrected chi connectivity index (χ3v) is 8.21. The average molecular weight is 521 g/mol. The van der Waals surface area contributed by atoms with Crippen LogP contribution in [0.2, 0.25) is 0 Å². The molecule has 3 aliphatic rings. The van der Waals surface area contributed by atoms with Gasteiger partial charge >= 0.3 is 11.9 Å². The number of ether oxygens (including phenoxy) is 2. The lowest BCUT2D eigenvalue weighted by atomic mass is 9.55. The second-order valence-electron chi connectivity index (χ2n) is 11.1. The number of esters is 2. The SMILES string of the molecule is CC(=O)Oc1cccc([C@@]23CCN(CC4CC4)C[C@@]2(OC(C)=O)CC[C@@H](NC(=O)C=Cc2ccoc2)C3)c1. The van der Waals surface area contributed by atoms with E-state index in [1.165, 1.54) is 32.8 Å². The Morgan fingerprint density at radius 3 is 2.68 bits per heavy atom. The van der Waals surface area contributed by atoms with Crippen LogP contribution in [0.15, 0.2) is 53.4 Å². The van der Waals surface area contributed by atoms with E-state index >= 15 is 0 Å². The minimum Gasteiger partial charge on any atom is -0.472 e. The number of carbonyl (C=O) groups excluding carboxylic acids is 3. The Labute approximate surface area is 223 Å². The van der Waals surface area contributed by atoms with Gasteiger partial charge in [-0.1, -0.05) is 12.1 Å². The molecule has 0 unspecified atom stereocenters. The molecular formula is C30H36N2O6. The number of nitrogens with zero attached hydrogens (tertiary/aromatic N) is 1. The van der Waals surface area contributed by atoms with Crippen LogP contribution in [0.1, 0.15) is 63.5 Å².